The minimum absolute atomic E-state index is 0.207. The summed E-state index contributed by atoms with van der Waals surface area (Å²) in [6, 6.07) is 3.51. The minimum atomic E-state index is -1.56. The van der Waals surface area contributed by atoms with Crippen LogP contribution in [0, 0.1) is 5.82 Å². The average molecular weight is 285 g/mol. The Kier molecular flexibility index (Phi) is 5.60. The van der Waals surface area contributed by atoms with Crippen LogP contribution in [0.15, 0.2) is 18.2 Å². The van der Waals surface area contributed by atoms with Crippen LogP contribution in [0.3, 0.4) is 0 Å². The third-order valence-corrected chi connectivity index (χ3v) is 2.66. The fourth-order valence-corrected chi connectivity index (χ4v) is 1.67. The van der Waals surface area contributed by atoms with E-state index in [4.69, 9.17) is 5.11 Å². The van der Waals surface area contributed by atoms with E-state index >= 15 is 0 Å². The van der Waals surface area contributed by atoms with Gasteiger partial charge in [0.25, 0.3) is 0 Å². The Morgan fingerprint density at radius 3 is 2.55 bits per heavy atom. The Hall–Kier alpha value is -1.99. The third kappa shape index (κ3) is 4.60. The van der Waals surface area contributed by atoms with Gasteiger partial charge in [0, 0.05) is 19.0 Å². The minimum Gasteiger partial charge on any atom is -0.481 e. The zero-order valence-electron chi connectivity index (χ0n) is 10.8. The Morgan fingerprint density at radius 1 is 1.35 bits per heavy atom. The van der Waals surface area contributed by atoms with E-state index < -0.39 is 29.9 Å². The number of carbonyl (C=O) groups is 2. The maximum atomic E-state index is 13.6. The molecular weight excluding hydrogens is 269 g/mol. The highest BCUT2D eigenvalue weighted by molar-refractivity contribution is 5.72. The van der Waals surface area contributed by atoms with Gasteiger partial charge in [0.15, 0.2) is 0 Å². The van der Waals surface area contributed by atoms with Crippen LogP contribution in [0.25, 0.3) is 0 Å². The van der Waals surface area contributed by atoms with Crippen LogP contribution in [-0.4, -0.2) is 39.8 Å². The number of rotatable bonds is 6. The zero-order chi connectivity index (χ0) is 15.3. The second-order valence-corrected chi connectivity index (χ2v) is 4.38. The van der Waals surface area contributed by atoms with Gasteiger partial charge in [-0.3, -0.25) is 9.59 Å². The third-order valence-electron chi connectivity index (χ3n) is 2.66. The van der Waals surface area contributed by atoms with E-state index in [-0.39, 0.29) is 18.5 Å². The second-order valence-electron chi connectivity index (χ2n) is 4.38. The largest absolute Gasteiger partial charge is 0.481 e. The molecule has 0 saturated heterocycles. The van der Waals surface area contributed by atoms with Gasteiger partial charge in [-0.25, -0.2) is 4.39 Å². The topological polar surface area (TPSA) is 107 Å². The van der Waals surface area contributed by atoms with Gasteiger partial charge in [0.05, 0.1) is 6.42 Å². The molecule has 0 aromatic heterocycles. The molecule has 110 valence electrons. The van der Waals surface area contributed by atoms with E-state index in [1.54, 1.807) is 0 Å². The quantitative estimate of drug-likeness (QED) is 0.588. The summed E-state index contributed by atoms with van der Waals surface area (Å²) in [6.07, 6.45) is -3.27. The molecule has 1 aromatic carbocycles. The first-order valence-corrected chi connectivity index (χ1v) is 5.92. The Balaban J connectivity index is 2.87. The molecule has 0 radical (unpaired) electrons. The number of amides is 1. The number of aliphatic hydroxyl groups is 2. The summed E-state index contributed by atoms with van der Waals surface area (Å²) in [5.41, 5.74) is 0.0984. The lowest BCUT2D eigenvalue weighted by Crippen LogP contribution is -2.34. The summed E-state index contributed by atoms with van der Waals surface area (Å²) in [5.74, 6) is -2.24. The maximum absolute atomic E-state index is 13.6. The fourth-order valence-electron chi connectivity index (χ4n) is 1.67. The van der Waals surface area contributed by atoms with E-state index in [0.29, 0.717) is 5.56 Å². The van der Waals surface area contributed by atoms with Gasteiger partial charge in [0.2, 0.25) is 5.91 Å². The lowest BCUT2D eigenvalue weighted by molar-refractivity contribution is -0.136. The van der Waals surface area contributed by atoms with Crippen molar-refractivity contribution < 1.29 is 29.3 Å². The second kappa shape index (κ2) is 6.97. The van der Waals surface area contributed by atoms with Gasteiger partial charge < -0.3 is 20.6 Å². The van der Waals surface area contributed by atoms with Crippen molar-refractivity contribution >= 4 is 11.9 Å². The van der Waals surface area contributed by atoms with Crippen LogP contribution in [0.1, 0.15) is 24.2 Å². The van der Waals surface area contributed by atoms with E-state index in [1.807, 2.05) is 0 Å². The van der Waals surface area contributed by atoms with Crippen molar-refractivity contribution in [3.8, 4) is 0 Å². The molecule has 0 aliphatic carbocycles. The number of nitrogens with one attached hydrogen (secondary N) is 1. The summed E-state index contributed by atoms with van der Waals surface area (Å²) in [5, 5.41) is 30.5. The molecule has 0 spiro atoms. The Bertz CT molecular complexity index is 506. The van der Waals surface area contributed by atoms with Gasteiger partial charge in [-0.2, -0.15) is 0 Å². The molecule has 1 amide bonds. The molecule has 4 N–H and O–H groups in total. The van der Waals surface area contributed by atoms with E-state index in [9.17, 15) is 24.2 Å². The van der Waals surface area contributed by atoms with Gasteiger partial charge in [-0.05, 0) is 17.7 Å². The predicted octanol–water partition coefficient (Wildman–Crippen LogP) is -0.0168. The summed E-state index contributed by atoms with van der Waals surface area (Å²) in [4.78, 5) is 21.3. The maximum Gasteiger partial charge on any atom is 0.307 e. The molecule has 6 nitrogen and oxygen atoms in total. The van der Waals surface area contributed by atoms with Crippen LogP contribution >= 0.6 is 0 Å². The summed E-state index contributed by atoms with van der Waals surface area (Å²) < 4.78 is 13.6. The first-order valence-electron chi connectivity index (χ1n) is 5.92. The van der Waals surface area contributed by atoms with Crippen molar-refractivity contribution in [2.45, 2.75) is 25.6 Å². The number of hydrogen-bond donors (Lipinski definition) is 4. The smallest absolute Gasteiger partial charge is 0.307 e. The number of aliphatic carboxylic acids is 1. The molecule has 0 fully saturated rings. The predicted molar refractivity (Wildman–Crippen MR) is 67.4 cm³/mol. The number of hydrogen-bond acceptors (Lipinski definition) is 4. The van der Waals surface area contributed by atoms with Crippen LogP contribution < -0.4 is 5.32 Å². The SMILES string of the molecule is CC(=O)NCC(O)C(O)c1cc(CC(=O)O)ccc1F. The van der Waals surface area contributed by atoms with Crippen molar-refractivity contribution in [2.75, 3.05) is 6.54 Å². The van der Waals surface area contributed by atoms with Gasteiger partial charge in [0.1, 0.15) is 18.0 Å². The summed E-state index contributed by atoms with van der Waals surface area (Å²) in [6.45, 7) is 1.01. The van der Waals surface area contributed by atoms with Crippen LogP contribution in [0.4, 0.5) is 4.39 Å². The number of benzene rings is 1. The van der Waals surface area contributed by atoms with Gasteiger partial charge >= 0.3 is 5.97 Å². The number of carboxylic acids is 1. The van der Waals surface area contributed by atoms with Gasteiger partial charge in [-0.15, -0.1) is 0 Å². The van der Waals surface area contributed by atoms with Gasteiger partial charge in [-0.1, -0.05) is 6.07 Å². The molecule has 2 atom stereocenters. The molecule has 0 aliphatic rings. The first-order chi connectivity index (χ1) is 9.31. The molecule has 0 heterocycles. The lowest BCUT2D eigenvalue weighted by atomic mass is 10.00. The molecule has 0 bridgehead atoms. The average Bonchev–Trinajstić information content (AvgIpc) is 2.36. The highest BCUT2D eigenvalue weighted by Crippen LogP contribution is 2.22. The number of aliphatic hydroxyl groups excluding tert-OH is 2. The lowest BCUT2D eigenvalue weighted by Gasteiger charge is -2.19. The molecule has 20 heavy (non-hydrogen) atoms. The highest BCUT2D eigenvalue weighted by Gasteiger charge is 2.22. The van der Waals surface area contributed by atoms with Crippen molar-refractivity contribution in [1.82, 2.24) is 5.32 Å². The summed E-state index contributed by atoms with van der Waals surface area (Å²) >= 11 is 0. The monoisotopic (exact) mass is 285 g/mol. The van der Waals surface area contributed by atoms with E-state index in [2.05, 4.69) is 5.32 Å². The molecule has 1 aromatic rings. The number of carboxylic acid groups (broad SMARTS) is 1. The summed E-state index contributed by atoms with van der Waals surface area (Å²) in [7, 11) is 0. The van der Waals surface area contributed by atoms with E-state index in [1.165, 1.54) is 19.1 Å². The van der Waals surface area contributed by atoms with Crippen molar-refractivity contribution in [3.63, 3.8) is 0 Å². The van der Waals surface area contributed by atoms with Crippen molar-refractivity contribution in [3.05, 3.63) is 35.1 Å². The van der Waals surface area contributed by atoms with E-state index in [0.717, 1.165) is 6.07 Å². The molecule has 0 saturated carbocycles. The molecular formula is C13H16FNO5. The Labute approximate surface area is 114 Å². The first kappa shape index (κ1) is 16.1. The number of halogens is 1. The van der Waals surface area contributed by atoms with Crippen molar-refractivity contribution in [1.29, 1.82) is 0 Å². The standard InChI is InChI=1S/C13H16FNO5/c1-7(16)15-6-11(17)13(20)9-4-8(5-12(18)19)2-3-10(9)14/h2-4,11,13,17,20H,5-6H2,1H3,(H,15,16)(H,18,19). The molecule has 7 heteroatoms. The highest BCUT2D eigenvalue weighted by atomic mass is 19.1. The fraction of sp³-hybridized carbons (Fsp3) is 0.385. The number of carbonyl (C=O) groups excluding carboxylic acids is 1. The molecule has 2 unspecified atom stereocenters. The molecule has 1 rings (SSSR count). The van der Waals surface area contributed by atoms with Crippen LogP contribution in [0.5, 0.6) is 0 Å². The Morgan fingerprint density at radius 2 is 2.00 bits per heavy atom. The van der Waals surface area contributed by atoms with Crippen LogP contribution in [-0.2, 0) is 16.0 Å². The molecule has 0 aliphatic heterocycles. The van der Waals surface area contributed by atoms with Crippen LogP contribution in [0.2, 0.25) is 0 Å². The normalized spacial score (nSPS) is 13.6. The van der Waals surface area contributed by atoms with Crippen molar-refractivity contribution in [2.24, 2.45) is 0 Å². The zero-order valence-corrected chi connectivity index (χ0v) is 10.8.